The number of nitrogens with zero attached hydrogens (tertiary/aromatic N) is 3. The molecule has 0 spiro atoms. The zero-order valence-corrected chi connectivity index (χ0v) is 10.3. The Morgan fingerprint density at radius 1 is 1.37 bits per heavy atom. The zero-order valence-electron chi connectivity index (χ0n) is 10.3. The van der Waals surface area contributed by atoms with Gasteiger partial charge < -0.3 is 10.5 Å². The number of rotatable bonds is 2. The minimum atomic E-state index is -0.462. The summed E-state index contributed by atoms with van der Waals surface area (Å²) in [5.41, 5.74) is 6.71. The Kier molecular flexibility index (Phi) is 2.56. The number of fused-ring (bicyclic) bond motifs is 3. The van der Waals surface area contributed by atoms with Gasteiger partial charge in [-0.3, -0.25) is 0 Å². The number of hydrogen-bond donors (Lipinski definition) is 1. The molecule has 2 aromatic heterocycles. The van der Waals surface area contributed by atoms with Gasteiger partial charge in [0.1, 0.15) is 0 Å². The highest BCUT2D eigenvalue weighted by atomic mass is 16.5. The van der Waals surface area contributed by atoms with Gasteiger partial charge in [0.25, 0.3) is 0 Å². The summed E-state index contributed by atoms with van der Waals surface area (Å²) in [6.45, 7) is 2.06. The topological polar surface area (TPSA) is 82.5 Å². The molecule has 0 atom stereocenters. The average molecular weight is 256 g/mol. The van der Waals surface area contributed by atoms with Crippen molar-refractivity contribution in [3.63, 3.8) is 0 Å². The van der Waals surface area contributed by atoms with Gasteiger partial charge in [-0.1, -0.05) is 24.3 Å². The third kappa shape index (κ3) is 1.77. The summed E-state index contributed by atoms with van der Waals surface area (Å²) in [7, 11) is 0. The number of aromatic nitrogens is 3. The van der Waals surface area contributed by atoms with Gasteiger partial charge >= 0.3 is 5.97 Å². The molecule has 0 bridgehead atoms. The molecule has 0 radical (unpaired) electrons. The second-order valence-electron chi connectivity index (χ2n) is 4.05. The van der Waals surface area contributed by atoms with Crippen LogP contribution in [0.15, 0.2) is 30.5 Å². The highest BCUT2D eigenvalue weighted by Gasteiger charge is 2.15. The normalized spacial score (nSPS) is 11.0. The van der Waals surface area contributed by atoms with Crippen molar-refractivity contribution in [2.24, 2.45) is 0 Å². The van der Waals surface area contributed by atoms with Crippen molar-refractivity contribution in [2.75, 3.05) is 12.3 Å². The summed E-state index contributed by atoms with van der Waals surface area (Å²) < 4.78 is 6.43. The van der Waals surface area contributed by atoms with Crippen LogP contribution in [0, 0.1) is 0 Å². The number of hydrogen-bond acceptors (Lipinski definition) is 5. The van der Waals surface area contributed by atoms with E-state index in [0.717, 1.165) is 10.8 Å². The fraction of sp³-hybridized carbons (Fsp3) is 0.154. The number of nitrogen functional groups attached to an aromatic ring is 1. The van der Waals surface area contributed by atoms with Crippen LogP contribution in [-0.2, 0) is 4.74 Å². The molecule has 3 aromatic rings. The Bertz CT molecular complexity index is 779. The minimum absolute atomic E-state index is 0.227. The van der Waals surface area contributed by atoms with Gasteiger partial charge in [-0.05, 0) is 6.92 Å². The molecule has 6 nitrogen and oxygen atoms in total. The fourth-order valence-corrected chi connectivity index (χ4v) is 2.01. The lowest BCUT2D eigenvalue weighted by atomic mass is 10.2. The predicted molar refractivity (Wildman–Crippen MR) is 70.9 cm³/mol. The van der Waals surface area contributed by atoms with Crippen LogP contribution in [0.3, 0.4) is 0 Å². The smallest absolute Gasteiger partial charge is 0.358 e. The standard InChI is InChI=1S/C13H12N4O2/c1-2-19-13(18)10-7-17-12(15-10)9-6-4-3-5-8(9)11(14)16-17/h3-7H,2H2,1H3,(H2,14,16). The molecule has 19 heavy (non-hydrogen) atoms. The van der Waals surface area contributed by atoms with Crippen LogP contribution in [0.5, 0.6) is 0 Å². The Morgan fingerprint density at radius 3 is 2.84 bits per heavy atom. The Morgan fingerprint density at radius 2 is 2.11 bits per heavy atom. The summed E-state index contributed by atoms with van der Waals surface area (Å²) >= 11 is 0. The maximum atomic E-state index is 11.7. The molecule has 0 amide bonds. The second kappa shape index (κ2) is 4.24. The van der Waals surface area contributed by atoms with Crippen LogP contribution in [0.25, 0.3) is 16.4 Å². The largest absolute Gasteiger partial charge is 0.461 e. The lowest BCUT2D eigenvalue weighted by molar-refractivity contribution is 0.0520. The van der Waals surface area contributed by atoms with Crippen LogP contribution in [-0.4, -0.2) is 27.2 Å². The summed E-state index contributed by atoms with van der Waals surface area (Å²) in [4.78, 5) is 15.9. The van der Waals surface area contributed by atoms with E-state index in [1.807, 2.05) is 24.3 Å². The molecule has 0 saturated heterocycles. The quantitative estimate of drug-likeness (QED) is 0.705. The molecule has 0 aliphatic heterocycles. The van der Waals surface area contributed by atoms with Gasteiger partial charge in [0, 0.05) is 10.8 Å². The number of ether oxygens (including phenoxy) is 1. The summed E-state index contributed by atoms with van der Waals surface area (Å²) in [5, 5.41) is 5.86. The molecule has 1 aromatic carbocycles. The first-order valence-electron chi connectivity index (χ1n) is 5.91. The van der Waals surface area contributed by atoms with E-state index in [1.165, 1.54) is 10.7 Å². The van der Waals surface area contributed by atoms with Crippen molar-refractivity contribution in [1.29, 1.82) is 0 Å². The first kappa shape index (κ1) is 11.5. The van der Waals surface area contributed by atoms with Gasteiger partial charge in [0.05, 0.1) is 12.8 Å². The van der Waals surface area contributed by atoms with E-state index in [4.69, 9.17) is 10.5 Å². The van der Waals surface area contributed by atoms with E-state index in [2.05, 4.69) is 10.1 Å². The molecule has 3 rings (SSSR count). The van der Waals surface area contributed by atoms with Crippen LogP contribution in [0.1, 0.15) is 17.4 Å². The van der Waals surface area contributed by atoms with E-state index in [-0.39, 0.29) is 5.69 Å². The maximum Gasteiger partial charge on any atom is 0.358 e. The van der Waals surface area contributed by atoms with E-state index in [0.29, 0.717) is 18.1 Å². The van der Waals surface area contributed by atoms with E-state index >= 15 is 0 Å². The molecule has 0 aliphatic carbocycles. The Labute approximate surface area is 108 Å². The zero-order chi connectivity index (χ0) is 13.4. The summed E-state index contributed by atoms with van der Waals surface area (Å²) in [5.74, 6) is -0.0634. The van der Waals surface area contributed by atoms with Gasteiger partial charge in [-0.2, -0.15) is 0 Å². The Balaban J connectivity index is 2.28. The van der Waals surface area contributed by atoms with Crippen LogP contribution >= 0.6 is 0 Å². The molecule has 96 valence electrons. The first-order chi connectivity index (χ1) is 9.20. The highest BCUT2D eigenvalue weighted by Crippen LogP contribution is 2.22. The Hall–Kier alpha value is -2.63. The van der Waals surface area contributed by atoms with Crippen molar-refractivity contribution in [3.8, 4) is 0 Å². The van der Waals surface area contributed by atoms with Gasteiger partial charge in [-0.15, -0.1) is 5.10 Å². The third-order valence-electron chi connectivity index (χ3n) is 2.83. The number of carbonyl (C=O) groups is 1. The van der Waals surface area contributed by atoms with E-state index in [1.54, 1.807) is 6.92 Å². The highest BCUT2D eigenvalue weighted by molar-refractivity contribution is 6.00. The van der Waals surface area contributed by atoms with Crippen LogP contribution in [0.2, 0.25) is 0 Å². The van der Waals surface area contributed by atoms with Crippen molar-refractivity contribution in [2.45, 2.75) is 6.92 Å². The fourth-order valence-electron chi connectivity index (χ4n) is 2.01. The monoisotopic (exact) mass is 256 g/mol. The summed E-state index contributed by atoms with van der Waals surface area (Å²) in [6, 6.07) is 7.54. The van der Waals surface area contributed by atoms with Crippen molar-refractivity contribution >= 4 is 28.2 Å². The molecule has 0 unspecified atom stereocenters. The van der Waals surface area contributed by atoms with E-state index in [9.17, 15) is 4.79 Å². The lowest BCUT2D eigenvalue weighted by Gasteiger charge is -2.02. The van der Waals surface area contributed by atoms with Crippen molar-refractivity contribution < 1.29 is 9.53 Å². The molecule has 2 N–H and O–H groups in total. The summed E-state index contributed by atoms with van der Waals surface area (Å²) in [6.07, 6.45) is 1.52. The van der Waals surface area contributed by atoms with Crippen molar-refractivity contribution in [1.82, 2.24) is 14.6 Å². The molecule has 0 saturated carbocycles. The number of esters is 1. The molecule has 6 heteroatoms. The maximum absolute atomic E-state index is 11.7. The number of imidazole rings is 1. The van der Waals surface area contributed by atoms with Crippen LogP contribution in [0.4, 0.5) is 5.82 Å². The van der Waals surface area contributed by atoms with Crippen LogP contribution < -0.4 is 5.73 Å². The van der Waals surface area contributed by atoms with Gasteiger partial charge in [-0.25, -0.2) is 14.3 Å². The number of carbonyl (C=O) groups excluding carboxylic acids is 1. The molecular formula is C13H12N4O2. The number of benzene rings is 1. The molecule has 0 aliphatic rings. The average Bonchev–Trinajstić information content (AvgIpc) is 2.83. The van der Waals surface area contributed by atoms with E-state index < -0.39 is 5.97 Å². The number of anilines is 1. The van der Waals surface area contributed by atoms with Crippen molar-refractivity contribution in [3.05, 3.63) is 36.2 Å². The SMILES string of the molecule is CCOC(=O)c1cn2nc(N)c3ccccc3c2n1. The lowest BCUT2D eigenvalue weighted by Crippen LogP contribution is -2.04. The minimum Gasteiger partial charge on any atom is -0.461 e. The third-order valence-corrected chi connectivity index (χ3v) is 2.83. The predicted octanol–water partition coefficient (Wildman–Crippen LogP) is 1.64. The van der Waals surface area contributed by atoms with Gasteiger partial charge in [0.2, 0.25) is 0 Å². The number of nitrogens with two attached hydrogens (primary N) is 1. The molecule has 0 fully saturated rings. The second-order valence-corrected chi connectivity index (χ2v) is 4.05. The van der Waals surface area contributed by atoms with Gasteiger partial charge in [0.15, 0.2) is 17.2 Å². The molecule has 2 heterocycles. The molecular weight excluding hydrogens is 244 g/mol. The first-order valence-corrected chi connectivity index (χ1v) is 5.91.